The van der Waals surface area contributed by atoms with E-state index in [2.05, 4.69) is 21.2 Å². The smallest absolute Gasteiger partial charge is 0.261 e. The van der Waals surface area contributed by atoms with Crippen molar-refractivity contribution in [3.63, 3.8) is 0 Å². The third kappa shape index (κ3) is 6.56. The van der Waals surface area contributed by atoms with Gasteiger partial charge in [0.25, 0.3) is 5.91 Å². The van der Waals surface area contributed by atoms with E-state index in [9.17, 15) is 14.0 Å². The number of benzene rings is 2. The monoisotopic (exact) mass is 464 g/mol. The topological polar surface area (TPSA) is 58.6 Å². The van der Waals surface area contributed by atoms with Gasteiger partial charge in [0.15, 0.2) is 6.61 Å². The maximum absolute atomic E-state index is 14.1. The largest absolute Gasteiger partial charge is 0.484 e. The summed E-state index contributed by atoms with van der Waals surface area (Å²) >= 11 is 3.42. The minimum absolute atomic E-state index is 0.0189. The SMILES string of the molecule is CCCNC(=O)[C@@H](C)N(Cc1ccccc1F)C(=O)COc1ccc(Br)c(C)c1. The number of rotatable bonds is 9. The Morgan fingerprint density at radius 3 is 2.62 bits per heavy atom. The molecule has 2 rings (SSSR count). The van der Waals surface area contributed by atoms with Gasteiger partial charge in [-0.2, -0.15) is 0 Å². The van der Waals surface area contributed by atoms with Crippen molar-refractivity contribution in [2.45, 2.75) is 39.8 Å². The Kier molecular flexibility index (Phi) is 8.64. The van der Waals surface area contributed by atoms with Crippen LogP contribution in [0, 0.1) is 12.7 Å². The van der Waals surface area contributed by atoms with E-state index in [1.807, 2.05) is 26.0 Å². The molecule has 5 nitrogen and oxygen atoms in total. The van der Waals surface area contributed by atoms with Crippen molar-refractivity contribution < 1.29 is 18.7 Å². The van der Waals surface area contributed by atoms with Crippen LogP contribution in [0.3, 0.4) is 0 Å². The maximum atomic E-state index is 14.1. The summed E-state index contributed by atoms with van der Waals surface area (Å²) in [6.45, 7) is 5.74. The van der Waals surface area contributed by atoms with E-state index in [-0.39, 0.29) is 19.1 Å². The quantitative estimate of drug-likeness (QED) is 0.604. The van der Waals surface area contributed by atoms with Crippen LogP contribution in [-0.4, -0.2) is 35.9 Å². The van der Waals surface area contributed by atoms with Gasteiger partial charge in [0, 0.05) is 23.1 Å². The molecule has 0 unspecified atom stereocenters. The summed E-state index contributed by atoms with van der Waals surface area (Å²) in [6.07, 6.45) is 0.783. The third-order valence-corrected chi connectivity index (χ3v) is 5.40. The molecule has 0 saturated carbocycles. The first-order valence-electron chi connectivity index (χ1n) is 9.53. The molecule has 2 amide bonds. The summed E-state index contributed by atoms with van der Waals surface area (Å²) in [4.78, 5) is 26.7. The molecule has 29 heavy (non-hydrogen) atoms. The number of amides is 2. The van der Waals surface area contributed by atoms with Gasteiger partial charge >= 0.3 is 0 Å². The fourth-order valence-corrected chi connectivity index (χ4v) is 2.97. The highest BCUT2D eigenvalue weighted by Gasteiger charge is 2.27. The van der Waals surface area contributed by atoms with E-state index in [1.54, 1.807) is 31.2 Å². The summed E-state index contributed by atoms with van der Waals surface area (Å²) in [7, 11) is 0. The van der Waals surface area contributed by atoms with E-state index in [4.69, 9.17) is 4.74 Å². The van der Waals surface area contributed by atoms with Crippen LogP contribution in [0.5, 0.6) is 5.75 Å². The fourth-order valence-electron chi connectivity index (χ4n) is 2.72. The second-order valence-electron chi connectivity index (χ2n) is 6.78. The van der Waals surface area contributed by atoms with Crippen LogP contribution in [0.4, 0.5) is 4.39 Å². The number of hydrogen-bond acceptors (Lipinski definition) is 3. The number of carbonyl (C=O) groups excluding carboxylic acids is 2. The zero-order chi connectivity index (χ0) is 21.4. The molecule has 0 fully saturated rings. The van der Waals surface area contributed by atoms with E-state index >= 15 is 0 Å². The number of carbonyl (C=O) groups is 2. The molecular weight excluding hydrogens is 439 g/mol. The van der Waals surface area contributed by atoms with Gasteiger partial charge in [-0.3, -0.25) is 9.59 Å². The first-order valence-corrected chi connectivity index (χ1v) is 10.3. The summed E-state index contributed by atoms with van der Waals surface area (Å²) in [5.41, 5.74) is 1.32. The molecule has 0 bridgehead atoms. The highest BCUT2D eigenvalue weighted by molar-refractivity contribution is 9.10. The van der Waals surface area contributed by atoms with Crippen molar-refractivity contribution in [2.75, 3.05) is 13.2 Å². The highest BCUT2D eigenvalue weighted by Crippen LogP contribution is 2.22. The Balaban J connectivity index is 2.15. The average Bonchev–Trinajstić information content (AvgIpc) is 2.71. The Hall–Kier alpha value is -2.41. The lowest BCUT2D eigenvalue weighted by atomic mass is 10.1. The Bertz CT molecular complexity index is 860. The van der Waals surface area contributed by atoms with Gasteiger partial charge in [-0.05, 0) is 50.1 Å². The minimum atomic E-state index is -0.760. The minimum Gasteiger partial charge on any atom is -0.484 e. The van der Waals surface area contributed by atoms with Crippen molar-refractivity contribution in [3.8, 4) is 5.75 Å². The summed E-state index contributed by atoms with van der Waals surface area (Å²) in [5, 5.41) is 2.78. The molecule has 0 aliphatic carbocycles. The summed E-state index contributed by atoms with van der Waals surface area (Å²) < 4.78 is 20.7. The predicted octanol–water partition coefficient (Wildman–Crippen LogP) is 4.22. The predicted molar refractivity (Wildman–Crippen MR) is 114 cm³/mol. The molecule has 7 heteroatoms. The van der Waals surface area contributed by atoms with Crippen molar-refractivity contribution in [2.24, 2.45) is 0 Å². The molecule has 0 heterocycles. The molecule has 0 spiro atoms. The molecule has 0 saturated heterocycles. The summed E-state index contributed by atoms with van der Waals surface area (Å²) in [5.74, 6) is -0.548. The lowest BCUT2D eigenvalue weighted by molar-refractivity contribution is -0.142. The molecule has 0 radical (unpaired) electrons. The normalized spacial score (nSPS) is 11.6. The molecule has 0 aliphatic rings. The zero-order valence-corrected chi connectivity index (χ0v) is 18.5. The van der Waals surface area contributed by atoms with E-state index in [0.717, 1.165) is 16.5 Å². The van der Waals surface area contributed by atoms with Gasteiger partial charge in [0.05, 0.1) is 0 Å². The Labute approximate surface area is 179 Å². The van der Waals surface area contributed by atoms with Crippen LogP contribution in [0.15, 0.2) is 46.9 Å². The van der Waals surface area contributed by atoms with E-state index < -0.39 is 17.8 Å². The number of halogens is 2. The zero-order valence-electron chi connectivity index (χ0n) is 16.9. The number of nitrogens with one attached hydrogen (secondary N) is 1. The van der Waals surface area contributed by atoms with Gasteiger partial charge in [-0.15, -0.1) is 0 Å². The lowest BCUT2D eigenvalue weighted by Gasteiger charge is -2.29. The van der Waals surface area contributed by atoms with Crippen molar-refractivity contribution in [1.29, 1.82) is 0 Å². The lowest BCUT2D eigenvalue weighted by Crippen LogP contribution is -2.49. The van der Waals surface area contributed by atoms with Gasteiger partial charge in [-0.1, -0.05) is 41.1 Å². The molecular formula is C22H26BrFN2O3. The molecule has 156 valence electrons. The van der Waals surface area contributed by atoms with Gasteiger partial charge in [-0.25, -0.2) is 4.39 Å². The van der Waals surface area contributed by atoms with E-state index in [0.29, 0.717) is 17.9 Å². The fraction of sp³-hybridized carbons (Fsp3) is 0.364. The Morgan fingerprint density at radius 1 is 1.24 bits per heavy atom. The first-order chi connectivity index (χ1) is 13.8. The van der Waals surface area contributed by atoms with Crippen LogP contribution in [-0.2, 0) is 16.1 Å². The number of hydrogen-bond donors (Lipinski definition) is 1. The molecule has 1 atom stereocenters. The number of aryl methyl sites for hydroxylation is 1. The van der Waals surface area contributed by atoms with Gasteiger partial charge in [0.2, 0.25) is 5.91 Å². The van der Waals surface area contributed by atoms with Gasteiger partial charge < -0.3 is 15.0 Å². The second kappa shape index (κ2) is 11.0. The highest BCUT2D eigenvalue weighted by atomic mass is 79.9. The Morgan fingerprint density at radius 2 is 1.97 bits per heavy atom. The van der Waals surface area contributed by atoms with Crippen molar-refractivity contribution >= 4 is 27.7 Å². The molecule has 2 aromatic carbocycles. The molecule has 1 N–H and O–H groups in total. The number of nitrogens with zero attached hydrogens (tertiary/aromatic N) is 1. The van der Waals surface area contributed by atoms with Crippen LogP contribution in [0.1, 0.15) is 31.4 Å². The summed E-state index contributed by atoms with van der Waals surface area (Å²) in [6, 6.07) is 10.9. The van der Waals surface area contributed by atoms with Crippen LogP contribution in [0.25, 0.3) is 0 Å². The second-order valence-corrected chi connectivity index (χ2v) is 7.63. The van der Waals surface area contributed by atoms with Crippen LogP contribution >= 0.6 is 15.9 Å². The first kappa shape index (κ1) is 22.9. The maximum Gasteiger partial charge on any atom is 0.261 e. The molecule has 0 aromatic heterocycles. The van der Waals surface area contributed by atoms with Crippen LogP contribution in [0.2, 0.25) is 0 Å². The molecule has 0 aliphatic heterocycles. The van der Waals surface area contributed by atoms with Gasteiger partial charge in [0.1, 0.15) is 17.6 Å². The van der Waals surface area contributed by atoms with Crippen molar-refractivity contribution in [3.05, 3.63) is 63.9 Å². The third-order valence-electron chi connectivity index (χ3n) is 4.51. The van der Waals surface area contributed by atoms with Crippen LogP contribution < -0.4 is 10.1 Å². The standard InChI is InChI=1S/C22H26BrFN2O3/c1-4-11-25-22(28)16(3)26(13-17-7-5-6-8-20(17)24)21(27)14-29-18-9-10-19(23)15(2)12-18/h5-10,12,16H,4,11,13-14H2,1-3H3,(H,25,28)/t16-/m1/s1. The number of ether oxygens (including phenoxy) is 1. The van der Waals surface area contributed by atoms with Crippen molar-refractivity contribution in [1.82, 2.24) is 10.2 Å². The van der Waals surface area contributed by atoms with E-state index in [1.165, 1.54) is 11.0 Å². The molecule has 2 aromatic rings. The average molecular weight is 465 g/mol.